The van der Waals surface area contributed by atoms with Crippen molar-refractivity contribution in [3.05, 3.63) is 133 Å². The Labute approximate surface area is 239 Å². The predicted octanol–water partition coefficient (Wildman–Crippen LogP) is 11.3. The van der Waals surface area contributed by atoms with Crippen LogP contribution >= 0.6 is 22.7 Å². The van der Waals surface area contributed by atoms with Gasteiger partial charge in [-0.05, 0) is 69.8 Å². The molecule has 0 radical (unpaired) electrons. The summed E-state index contributed by atoms with van der Waals surface area (Å²) in [7, 11) is 0. The van der Waals surface area contributed by atoms with Crippen molar-refractivity contribution in [1.29, 1.82) is 5.26 Å². The van der Waals surface area contributed by atoms with Crippen molar-refractivity contribution < 1.29 is 0 Å². The van der Waals surface area contributed by atoms with Crippen LogP contribution in [0.1, 0.15) is 5.56 Å². The first kappa shape index (κ1) is 23.2. The van der Waals surface area contributed by atoms with Crippen LogP contribution in [0.5, 0.6) is 0 Å². The number of nitriles is 1. The van der Waals surface area contributed by atoms with Gasteiger partial charge in [0.05, 0.1) is 11.6 Å². The zero-order valence-electron chi connectivity index (χ0n) is 21.4. The highest BCUT2D eigenvalue weighted by Gasteiger charge is 2.15. The summed E-state index contributed by atoms with van der Waals surface area (Å²) in [5.41, 5.74) is 7.62. The molecule has 0 spiro atoms. The second kappa shape index (κ2) is 9.17. The third kappa shape index (κ3) is 3.66. The van der Waals surface area contributed by atoms with Gasteiger partial charge in [0.2, 0.25) is 0 Å². The van der Waals surface area contributed by atoms with Gasteiger partial charge in [0.15, 0.2) is 0 Å². The lowest BCUT2D eigenvalue weighted by molar-refractivity contribution is 1.48. The SMILES string of the molecule is N#Cc1cccc(-c2cc(-c3cccc4c3sc3ccccc34)ccc2-c2ccc3c(c2)sc2ccccc23)c1. The van der Waals surface area contributed by atoms with Crippen LogP contribution in [0, 0.1) is 11.3 Å². The molecule has 40 heavy (non-hydrogen) atoms. The Morgan fingerprint density at radius 3 is 1.93 bits per heavy atom. The molecule has 6 aromatic carbocycles. The second-order valence-electron chi connectivity index (χ2n) is 10.0. The molecule has 3 heteroatoms. The third-order valence-corrected chi connectivity index (χ3v) is 10.1. The van der Waals surface area contributed by atoms with Crippen molar-refractivity contribution in [3.63, 3.8) is 0 Å². The molecule has 0 aliphatic carbocycles. The van der Waals surface area contributed by atoms with E-state index in [9.17, 15) is 5.26 Å². The zero-order chi connectivity index (χ0) is 26.6. The maximum absolute atomic E-state index is 9.66. The average Bonchev–Trinajstić information content (AvgIpc) is 3.59. The van der Waals surface area contributed by atoms with Crippen LogP contribution in [0.25, 0.3) is 73.7 Å². The number of nitrogens with zero attached hydrogens (tertiary/aromatic N) is 1. The fourth-order valence-corrected chi connectivity index (χ4v) is 8.21. The lowest BCUT2D eigenvalue weighted by Gasteiger charge is -2.14. The van der Waals surface area contributed by atoms with E-state index < -0.39 is 0 Å². The molecule has 2 aromatic heterocycles. The molecule has 0 aliphatic rings. The Bertz CT molecular complexity index is 2290. The van der Waals surface area contributed by atoms with Gasteiger partial charge in [-0.3, -0.25) is 0 Å². The van der Waals surface area contributed by atoms with E-state index >= 15 is 0 Å². The van der Waals surface area contributed by atoms with Crippen molar-refractivity contribution in [2.24, 2.45) is 0 Å². The predicted molar refractivity (Wildman–Crippen MR) is 173 cm³/mol. The summed E-state index contributed by atoms with van der Waals surface area (Å²) in [6.45, 7) is 0. The standard InChI is InChI=1S/C37H21NS2/c38-22-23-7-5-8-24(19-23)33-20-25(28-11-6-12-32-30-10-2-4-14-35(30)40-37(28)32)15-17-27(33)26-16-18-31-29-9-1-3-13-34(29)39-36(31)21-26/h1-21H. The topological polar surface area (TPSA) is 23.8 Å². The maximum Gasteiger partial charge on any atom is 0.0991 e. The minimum absolute atomic E-state index is 0.667. The second-order valence-corrected chi connectivity index (χ2v) is 12.2. The molecule has 1 nitrogen and oxygen atoms in total. The number of rotatable bonds is 3. The van der Waals surface area contributed by atoms with E-state index in [0.29, 0.717) is 5.56 Å². The minimum atomic E-state index is 0.667. The number of thiophene rings is 2. The van der Waals surface area contributed by atoms with Crippen molar-refractivity contribution in [3.8, 4) is 39.4 Å². The van der Waals surface area contributed by atoms with Crippen LogP contribution < -0.4 is 0 Å². The van der Waals surface area contributed by atoms with Gasteiger partial charge in [0.1, 0.15) is 0 Å². The number of fused-ring (bicyclic) bond motifs is 6. The van der Waals surface area contributed by atoms with E-state index in [0.717, 1.165) is 11.1 Å². The highest BCUT2D eigenvalue weighted by Crippen LogP contribution is 2.43. The molecule has 8 aromatic rings. The lowest BCUT2D eigenvalue weighted by Crippen LogP contribution is -1.89. The lowest BCUT2D eigenvalue weighted by atomic mass is 9.90. The van der Waals surface area contributed by atoms with Gasteiger partial charge in [-0.2, -0.15) is 5.26 Å². The van der Waals surface area contributed by atoms with Crippen LogP contribution in [0.15, 0.2) is 127 Å². The number of hydrogen-bond donors (Lipinski definition) is 0. The Hall–Kier alpha value is -4.75. The van der Waals surface area contributed by atoms with Crippen molar-refractivity contribution in [2.75, 3.05) is 0 Å². The molecule has 0 saturated heterocycles. The van der Waals surface area contributed by atoms with Gasteiger partial charge in [-0.25, -0.2) is 0 Å². The Kier molecular flexibility index (Phi) is 5.31. The van der Waals surface area contributed by atoms with Gasteiger partial charge in [0, 0.05) is 40.3 Å². The first-order valence-electron chi connectivity index (χ1n) is 13.2. The molecule has 0 saturated carbocycles. The fraction of sp³-hybridized carbons (Fsp3) is 0. The van der Waals surface area contributed by atoms with Crippen LogP contribution in [0.3, 0.4) is 0 Å². The Morgan fingerprint density at radius 2 is 1.07 bits per heavy atom. The summed E-state index contributed by atoms with van der Waals surface area (Å²) in [6.07, 6.45) is 0. The molecular weight excluding hydrogens is 523 g/mol. The van der Waals surface area contributed by atoms with Gasteiger partial charge >= 0.3 is 0 Å². The Morgan fingerprint density at radius 1 is 0.425 bits per heavy atom. The van der Waals surface area contributed by atoms with Gasteiger partial charge < -0.3 is 0 Å². The van der Waals surface area contributed by atoms with Crippen molar-refractivity contribution >= 4 is 63.0 Å². The van der Waals surface area contributed by atoms with Crippen molar-refractivity contribution in [1.82, 2.24) is 0 Å². The van der Waals surface area contributed by atoms with Gasteiger partial charge in [-0.1, -0.05) is 91.0 Å². The normalized spacial score (nSPS) is 11.5. The molecule has 0 aliphatic heterocycles. The van der Waals surface area contributed by atoms with Crippen LogP contribution in [-0.4, -0.2) is 0 Å². The summed E-state index contributed by atoms with van der Waals surface area (Å²) < 4.78 is 5.21. The van der Waals surface area contributed by atoms with E-state index in [-0.39, 0.29) is 0 Å². The Balaban J connectivity index is 1.36. The first-order chi connectivity index (χ1) is 19.8. The van der Waals surface area contributed by atoms with E-state index in [1.165, 1.54) is 62.6 Å². The van der Waals surface area contributed by atoms with Crippen molar-refractivity contribution in [2.45, 2.75) is 0 Å². The molecule has 0 fully saturated rings. The largest absolute Gasteiger partial charge is 0.192 e. The number of hydrogen-bond acceptors (Lipinski definition) is 3. The number of benzene rings is 6. The first-order valence-corrected chi connectivity index (χ1v) is 14.9. The summed E-state index contributed by atoms with van der Waals surface area (Å²) in [5, 5.41) is 14.9. The molecule has 0 bridgehead atoms. The molecule has 0 unspecified atom stereocenters. The van der Waals surface area contributed by atoms with Crippen LogP contribution in [0.2, 0.25) is 0 Å². The summed E-state index contributed by atoms with van der Waals surface area (Å²) in [4.78, 5) is 0. The van der Waals surface area contributed by atoms with Crippen LogP contribution in [0.4, 0.5) is 0 Å². The third-order valence-electron chi connectivity index (χ3n) is 7.73. The maximum atomic E-state index is 9.66. The highest BCUT2D eigenvalue weighted by atomic mass is 32.1. The molecule has 2 heterocycles. The van der Waals surface area contributed by atoms with Crippen LogP contribution in [-0.2, 0) is 0 Å². The summed E-state index contributed by atoms with van der Waals surface area (Å²) >= 11 is 3.69. The molecular formula is C37H21NS2. The molecule has 0 amide bonds. The van der Waals surface area contributed by atoms with E-state index in [4.69, 9.17) is 0 Å². The monoisotopic (exact) mass is 543 g/mol. The van der Waals surface area contributed by atoms with Gasteiger partial charge in [0.25, 0.3) is 0 Å². The smallest absolute Gasteiger partial charge is 0.0991 e. The van der Waals surface area contributed by atoms with E-state index in [1.807, 2.05) is 40.9 Å². The zero-order valence-corrected chi connectivity index (χ0v) is 23.0. The summed E-state index contributed by atoms with van der Waals surface area (Å²) in [5.74, 6) is 0. The quantitative estimate of drug-likeness (QED) is 0.217. The van der Waals surface area contributed by atoms with E-state index in [2.05, 4.69) is 115 Å². The molecule has 0 N–H and O–H groups in total. The fourth-order valence-electron chi connectivity index (χ4n) is 5.83. The summed E-state index contributed by atoms with van der Waals surface area (Å²) in [6, 6.07) is 47.8. The van der Waals surface area contributed by atoms with E-state index in [1.54, 1.807) is 0 Å². The molecule has 8 rings (SSSR count). The molecule has 0 atom stereocenters. The minimum Gasteiger partial charge on any atom is -0.192 e. The highest BCUT2D eigenvalue weighted by molar-refractivity contribution is 7.26. The average molecular weight is 544 g/mol. The molecule has 186 valence electrons. The van der Waals surface area contributed by atoms with Gasteiger partial charge in [-0.15, -0.1) is 22.7 Å².